The second kappa shape index (κ2) is 9.32. The molecule has 3 rings (SSSR count). The molecule has 144 valence electrons. The minimum Gasteiger partial charge on any atom is -0.411 e. The van der Waals surface area contributed by atoms with Crippen LogP contribution in [-0.4, -0.2) is 27.1 Å². The number of carbonyl (C=O) groups is 2. The molecule has 0 bridgehead atoms. The number of amides is 1. The third-order valence-corrected chi connectivity index (χ3v) is 4.94. The Labute approximate surface area is 167 Å². The average molecular weight is 395 g/mol. The summed E-state index contributed by atoms with van der Waals surface area (Å²) in [5.74, 6) is 0.349. The van der Waals surface area contributed by atoms with Crippen LogP contribution in [0.5, 0.6) is 0 Å². The number of thioether (sulfide) groups is 1. The molecule has 3 aromatic rings. The Morgan fingerprint density at radius 2 is 1.79 bits per heavy atom. The first-order chi connectivity index (χ1) is 13.6. The summed E-state index contributed by atoms with van der Waals surface area (Å²) in [5.41, 5.74) is 2.08. The quantitative estimate of drug-likeness (QED) is 0.434. The topological polar surface area (TPSA) is 85.1 Å². The van der Waals surface area contributed by atoms with Crippen molar-refractivity contribution in [2.24, 2.45) is 0 Å². The highest BCUT2D eigenvalue weighted by molar-refractivity contribution is 8.00. The molecule has 0 saturated heterocycles. The van der Waals surface area contributed by atoms with E-state index in [4.69, 9.17) is 4.42 Å². The number of rotatable bonds is 8. The predicted octanol–water partition coefficient (Wildman–Crippen LogP) is 4.84. The van der Waals surface area contributed by atoms with Crippen molar-refractivity contribution in [1.82, 2.24) is 10.2 Å². The fourth-order valence-corrected chi connectivity index (χ4v) is 3.32. The maximum absolute atomic E-state index is 12.7. The number of nitrogens with zero attached hydrogens (tertiary/aromatic N) is 2. The standard InChI is InChI=1S/C21H21N3O3S/c1-3-7-18(25)22-17-12-10-15(11-13-17)19(26)14(2)28-21-24-23-20(27-21)16-8-5-4-6-9-16/h4-6,8-14H,3,7H2,1-2H3,(H,22,25). The Hall–Kier alpha value is -2.93. The zero-order chi connectivity index (χ0) is 19.9. The third-order valence-electron chi connectivity index (χ3n) is 4.00. The van der Waals surface area contributed by atoms with Gasteiger partial charge in [0.1, 0.15) is 0 Å². The van der Waals surface area contributed by atoms with Crippen molar-refractivity contribution < 1.29 is 14.0 Å². The van der Waals surface area contributed by atoms with Gasteiger partial charge in [0.05, 0.1) is 5.25 Å². The highest BCUT2D eigenvalue weighted by Crippen LogP contribution is 2.28. The van der Waals surface area contributed by atoms with Crippen molar-refractivity contribution in [3.63, 3.8) is 0 Å². The van der Waals surface area contributed by atoms with Crippen LogP contribution in [0.25, 0.3) is 11.5 Å². The highest BCUT2D eigenvalue weighted by atomic mass is 32.2. The van der Waals surface area contributed by atoms with Crippen molar-refractivity contribution in [1.29, 1.82) is 0 Å². The summed E-state index contributed by atoms with van der Waals surface area (Å²) in [7, 11) is 0. The summed E-state index contributed by atoms with van der Waals surface area (Å²) in [6.07, 6.45) is 1.27. The second-order valence-electron chi connectivity index (χ2n) is 6.24. The van der Waals surface area contributed by atoms with Crippen LogP contribution in [0.3, 0.4) is 0 Å². The molecule has 28 heavy (non-hydrogen) atoms. The van der Waals surface area contributed by atoms with E-state index in [2.05, 4.69) is 15.5 Å². The van der Waals surface area contributed by atoms with Gasteiger partial charge in [-0.05, 0) is 49.7 Å². The Morgan fingerprint density at radius 1 is 1.07 bits per heavy atom. The molecule has 1 N–H and O–H groups in total. The molecular weight excluding hydrogens is 374 g/mol. The minimum atomic E-state index is -0.385. The van der Waals surface area contributed by atoms with Gasteiger partial charge in [-0.15, -0.1) is 10.2 Å². The van der Waals surface area contributed by atoms with E-state index in [1.807, 2.05) is 37.3 Å². The van der Waals surface area contributed by atoms with Gasteiger partial charge in [0.25, 0.3) is 5.22 Å². The smallest absolute Gasteiger partial charge is 0.277 e. The summed E-state index contributed by atoms with van der Waals surface area (Å²) >= 11 is 1.22. The molecule has 0 aliphatic heterocycles. The number of benzene rings is 2. The lowest BCUT2D eigenvalue weighted by atomic mass is 10.1. The largest absolute Gasteiger partial charge is 0.411 e. The summed E-state index contributed by atoms with van der Waals surface area (Å²) in [6.45, 7) is 3.75. The molecule has 1 heterocycles. The fraction of sp³-hybridized carbons (Fsp3) is 0.238. The van der Waals surface area contributed by atoms with Crippen molar-refractivity contribution >= 4 is 29.1 Å². The van der Waals surface area contributed by atoms with Gasteiger partial charge in [0, 0.05) is 23.2 Å². The van der Waals surface area contributed by atoms with Gasteiger partial charge in [-0.1, -0.05) is 36.9 Å². The van der Waals surface area contributed by atoms with Gasteiger partial charge in [-0.25, -0.2) is 0 Å². The van der Waals surface area contributed by atoms with Gasteiger partial charge in [0.15, 0.2) is 5.78 Å². The minimum absolute atomic E-state index is 0.0314. The van der Waals surface area contributed by atoms with Crippen LogP contribution >= 0.6 is 11.8 Å². The number of hydrogen-bond acceptors (Lipinski definition) is 6. The summed E-state index contributed by atoms with van der Waals surface area (Å²) in [5, 5.41) is 10.8. The number of Topliss-reactive ketones (excluding diaryl/α,β-unsaturated/α-hetero) is 1. The number of nitrogens with one attached hydrogen (secondary N) is 1. The van der Waals surface area contributed by atoms with Crippen LogP contribution in [-0.2, 0) is 4.79 Å². The molecule has 7 heteroatoms. The van der Waals surface area contributed by atoms with Gasteiger partial charge >= 0.3 is 0 Å². The number of aromatic nitrogens is 2. The first-order valence-electron chi connectivity index (χ1n) is 9.06. The van der Waals surface area contributed by atoms with Gasteiger partial charge in [0.2, 0.25) is 11.8 Å². The van der Waals surface area contributed by atoms with Crippen LogP contribution in [0.2, 0.25) is 0 Å². The lowest BCUT2D eigenvalue weighted by Crippen LogP contribution is -2.14. The average Bonchev–Trinajstić information content (AvgIpc) is 3.17. The van der Waals surface area contributed by atoms with Crippen molar-refractivity contribution in [3.05, 3.63) is 60.2 Å². The fourth-order valence-electron chi connectivity index (χ4n) is 2.56. The van der Waals surface area contributed by atoms with Crippen LogP contribution in [0.4, 0.5) is 5.69 Å². The summed E-state index contributed by atoms with van der Waals surface area (Å²) < 4.78 is 5.65. The lowest BCUT2D eigenvalue weighted by molar-refractivity contribution is -0.116. The summed E-state index contributed by atoms with van der Waals surface area (Å²) in [4.78, 5) is 24.3. The van der Waals surface area contributed by atoms with Crippen LogP contribution in [0.1, 0.15) is 37.0 Å². The van der Waals surface area contributed by atoms with E-state index in [1.54, 1.807) is 31.2 Å². The Morgan fingerprint density at radius 3 is 2.46 bits per heavy atom. The normalized spacial score (nSPS) is 11.8. The maximum atomic E-state index is 12.7. The zero-order valence-corrected chi connectivity index (χ0v) is 16.5. The Bertz CT molecular complexity index is 939. The molecule has 0 fully saturated rings. The molecule has 0 radical (unpaired) electrons. The Kier molecular flexibility index (Phi) is 6.60. The molecule has 1 aromatic heterocycles. The number of hydrogen-bond donors (Lipinski definition) is 1. The van der Waals surface area contributed by atoms with E-state index < -0.39 is 0 Å². The van der Waals surface area contributed by atoms with Crippen molar-refractivity contribution in [2.45, 2.75) is 37.2 Å². The number of ketones is 1. The van der Waals surface area contributed by atoms with Gasteiger partial charge in [-0.3, -0.25) is 9.59 Å². The molecule has 6 nitrogen and oxygen atoms in total. The monoisotopic (exact) mass is 395 g/mol. The molecule has 0 saturated carbocycles. The predicted molar refractivity (Wildman–Crippen MR) is 109 cm³/mol. The van der Waals surface area contributed by atoms with E-state index >= 15 is 0 Å². The van der Waals surface area contributed by atoms with Crippen molar-refractivity contribution in [3.8, 4) is 11.5 Å². The number of anilines is 1. The first-order valence-corrected chi connectivity index (χ1v) is 9.94. The van der Waals surface area contributed by atoms with Crippen LogP contribution in [0, 0.1) is 0 Å². The molecule has 0 aliphatic rings. The SMILES string of the molecule is CCCC(=O)Nc1ccc(C(=O)C(C)Sc2nnc(-c3ccccc3)o2)cc1. The van der Waals surface area contributed by atoms with Crippen LogP contribution < -0.4 is 5.32 Å². The molecule has 1 atom stereocenters. The van der Waals surface area contributed by atoms with E-state index in [0.717, 1.165) is 12.0 Å². The Balaban J connectivity index is 1.61. The third kappa shape index (κ3) is 5.07. The molecule has 0 aliphatic carbocycles. The molecule has 2 aromatic carbocycles. The summed E-state index contributed by atoms with van der Waals surface area (Å²) in [6, 6.07) is 16.4. The van der Waals surface area contributed by atoms with Gasteiger partial charge < -0.3 is 9.73 Å². The lowest BCUT2D eigenvalue weighted by Gasteiger charge is -2.09. The molecule has 1 amide bonds. The maximum Gasteiger partial charge on any atom is 0.277 e. The first kappa shape index (κ1) is 19.8. The van der Waals surface area contributed by atoms with E-state index in [0.29, 0.717) is 28.8 Å². The van der Waals surface area contributed by atoms with Crippen LogP contribution in [0.15, 0.2) is 64.2 Å². The van der Waals surface area contributed by atoms with Gasteiger partial charge in [-0.2, -0.15) is 0 Å². The van der Waals surface area contributed by atoms with E-state index in [-0.39, 0.29) is 16.9 Å². The molecule has 0 spiro atoms. The second-order valence-corrected chi connectivity index (χ2v) is 7.53. The zero-order valence-electron chi connectivity index (χ0n) is 15.7. The highest BCUT2D eigenvalue weighted by Gasteiger charge is 2.20. The van der Waals surface area contributed by atoms with Crippen molar-refractivity contribution in [2.75, 3.05) is 5.32 Å². The van der Waals surface area contributed by atoms with E-state index in [9.17, 15) is 9.59 Å². The molecule has 1 unspecified atom stereocenters. The molecular formula is C21H21N3O3S. The van der Waals surface area contributed by atoms with E-state index in [1.165, 1.54) is 11.8 Å². The number of carbonyl (C=O) groups excluding carboxylic acids is 2.